The summed E-state index contributed by atoms with van der Waals surface area (Å²) in [7, 11) is 0. The third-order valence-corrected chi connectivity index (χ3v) is 1.85. The van der Waals surface area contributed by atoms with Crippen molar-refractivity contribution in [3.63, 3.8) is 0 Å². The van der Waals surface area contributed by atoms with E-state index in [1.807, 2.05) is 18.2 Å². The average molecular weight is 187 g/mol. The van der Waals surface area contributed by atoms with Crippen molar-refractivity contribution in [2.75, 3.05) is 0 Å². The van der Waals surface area contributed by atoms with Gasteiger partial charge in [0.1, 0.15) is 0 Å². The Morgan fingerprint density at radius 1 is 1.36 bits per heavy atom. The molecule has 0 spiro atoms. The fourth-order valence-corrected chi connectivity index (χ4v) is 1.15. The van der Waals surface area contributed by atoms with Crippen molar-refractivity contribution in [3.8, 4) is 11.4 Å². The van der Waals surface area contributed by atoms with E-state index in [0.29, 0.717) is 5.82 Å². The Morgan fingerprint density at radius 2 is 2.21 bits per heavy atom. The van der Waals surface area contributed by atoms with Gasteiger partial charge in [-0.1, -0.05) is 6.07 Å². The number of Topliss-reactive ketones (excluding diaryl/α,β-unsaturated/α-hetero) is 1. The number of carbonyl (C=O) groups excluding carboxylic acids is 1. The molecular formula is C10H9N3O. The summed E-state index contributed by atoms with van der Waals surface area (Å²) in [5.74, 6) is 0.290. The highest BCUT2D eigenvalue weighted by Gasteiger charge is 2.06. The maximum atomic E-state index is 11.0. The van der Waals surface area contributed by atoms with Crippen molar-refractivity contribution < 1.29 is 4.79 Å². The van der Waals surface area contributed by atoms with E-state index in [4.69, 9.17) is 0 Å². The maximum Gasteiger partial charge on any atom is 0.194 e. The third-order valence-electron chi connectivity index (χ3n) is 1.85. The zero-order valence-electron chi connectivity index (χ0n) is 7.69. The van der Waals surface area contributed by atoms with Crippen molar-refractivity contribution >= 4 is 5.78 Å². The zero-order chi connectivity index (χ0) is 9.97. The minimum atomic E-state index is -0.0767. The maximum absolute atomic E-state index is 11.0. The van der Waals surface area contributed by atoms with Gasteiger partial charge in [-0.3, -0.25) is 9.78 Å². The van der Waals surface area contributed by atoms with Crippen LogP contribution in [0.4, 0.5) is 0 Å². The summed E-state index contributed by atoms with van der Waals surface area (Å²) in [5.41, 5.74) is 1.54. The molecule has 0 bridgehead atoms. The number of nitrogens with zero attached hydrogens (tertiary/aromatic N) is 2. The highest BCUT2D eigenvalue weighted by molar-refractivity contribution is 5.90. The summed E-state index contributed by atoms with van der Waals surface area (Å²) in [6.45, 7) is 1.47. The van der Waals surface area contributed by atoms with Crippen LogP contribution in [0.25, 0.3) is 11.4 Å². The molecule has 0 radical (unpaired) electrons. The first kappa shape index (κ1) is 8.62. The fourth-order valence-electron chi connectivity index (χ4n) is 1.15. The molecule has 0 aromatic carbocycles. The number of hydrogen-bond donors (Lipinski definition) is 1. The summed E-state index contributed by atoms with van der Waals surface area (Å²) >= 11 is 0. The van der Waals surface area contributed by atoms with Gasteiger partial charge in [-0.25, -0.2) is 4.98 Å². The van der Waals surface area contributed by atoms with Crippen LogP contribution < -0.4 is 0 Å². The van der Waals surface area contributed by atoms with Crippen LogP contribution in [0.15, 0.2) is 30.6 Å². The summed E-state index contributed by atoms with van der Waals surface area (Å²) in [6, 6.07) is 5.58. The lowest BCUT2D eigenvalue weighted by atomic mass is 10.3. The van der Waals surface area contributed by atoms with E-state index in [-0.39, 0.29) is 5.78 Å². The minimum Gasteiger partial charge on any atom is -0.334 e. The van der Waals surface area contributed by atoms with Gasteiger partial charge in [-0.15, -0.1) is 0 Å². The Hall–Kier alpha value is -1.97. The van der Waals surface area contributed by atoms with Crippen LogP contribution in [-0.2, 0) is 0 Å². The molecule has 0 aliphatic carbocycles. The second-order valence-electron chi connectivity index (χ2n) is 2.92. The molecule has 0 saturated heterocycles. The molecule has 2 heterocycles. The molecule has 1 N–H and O–H groups in total. The Morgan fingerprint density at radius 3 is 2.79 bits per heavy atom. The number of H-pyrrole nitrogens is 1. The fraction of sp³-hybridized carbons (Fsp3) is 0.100. The molecule has 2 aromatic rings. The largest absolute Gasteiger partial charge is 0.334 e. The molecule has 0 aliphatic heterocycles. The lowest BCUT2D eigenvalue weighted by Gasteiger charge is -1.93. The van der Waals surface area contributed by atoms with Crippen LogP contribution in [0.2, 0.25) is 0 Å². The molecule has 0 aliphatic rings. The SMILES string of the molecule is CC(=O)c1ncc(-c2ccccn2)[nH]1. The lowest BCUT2D eigenvalue weighted by Crippen LogP contribution is -1.94. The van der Waals surface area contributed by atoms with E-state index in [0.717, 1.165) is 11.4 Å². The topological polar surface area (TPSA) is 58.6 Å². The molecule has 0 atom stereocenters. The molecular weight excluding hydrogens is 178 g/mol. The number of aromatic amines is 1. The summed E-state index contributed by atoms with van der Waals surface area (Å²) in [6.07, 6.45) is 3.31. The van der Waals surface area contributed by atoms with Crippen molar-refractivity contribution in [3.05, 3.63) is 36.4 Å². The van der Waals surface area contributed by atoms with E-state index in [2.05, 4.69) is 15.0 Å². The molecule has 0 saturated carbocycles. The highest BCUT2D eigenvalue weighted by Crippen LogP contribution is 2.12. The third kappa shape index (κ3) is 1.54. The first-order valence-corrected chi connectivity index (χ1v) is 4.25. The Labute approximate surface area is 81.0 Å². The Bertz CT molecular complexity index is 447. The van der Waals surface area contributed by atoms with E-state index < -0.39 is 0 Å². The van der Waals surface area contributed by atoms with Gasteiger partial charge in [0.2, 0.25) is 0 Å². The number of carbonyl (C=O) groups is 1. The minimum absolute atomic E-state index is 0.0767. The van der Waals surface area contributed by atoms with Crippen LogP contribution >= 0.6 is 0 Å². The number of nitrogens with one attached hydrogen (secondary N) is 1. The molecule has 2 aromatic heterocycles. The predicted molar refractivity (Wildman–Crippen MR) is 51.8 cm³/mol. The van der Waals surface area contributed by atoms with E-state index >= 15 is 0 Å². The van der Waals surface area contributed by atoms with Crippen LogP contribution in [0.5, 0.6) is 0 Å². The number of pyridine rings is 1. The Kier molecular flexibility index (Phi) is 2.10. The van der Waals surface area contributed by atoms with Gasteiger partial charge < -0.3 is 4.98 Å². The molecule has 4 heteroatoms. The molecule has 4 nitrogen and oxygen atoms in total. The second kappa shape index (κ2) is 3.41. The van der Waals surface area contributed by atoms with Crippen LogP contribution in [0, 0.1) is 0 Å². The standard InChI is InChI=1S/C10H9N3O/c1-7(14)10-12-6-9(13-10)8-4-2-3-5-11-8/h2-6H,1H3,(H,12,13). The van der Waals surface area contributed by atoms with Crippen LogP contribution in [0.1, 0.15) is 17.5 Å². The first-order valence-electron chi connectivity index (χ1n) is 4.25. The zero-order valence-corrected chi connectivity index (χ0v) is 7.69. The normalized spacial score (nSPS) is 10.1. The molecule has 0 unspecified atom stereocenters. The van der Waals surface area contributed by atoms with Crippen molar-refractivity contribution in [2.24, 2.45) is 0 Å². The van der Waals surface area contributed by atoms with E-state index in [9.17, 15) is 4.79 Å². The van der Waals surface area contributed by atoms with Gasteiger partial charge in [0, 0.05) is 13.1 Å². The number of hydrogen-bond acceptors (Lipinski definition) is 3. The van der Waals surface area contributed by atoms with E-state index in [1.54, 1.807) is 12.4 Å². The van der Waals surface area contributed by atoms with Gasteiger partial charge in [0.05, 0.1) is 17.6 Å². The number of rotatable bonds is 2. The average Bonchev–Trinajstić information content (AvgIpc) is 2.68. The van der Waals surface area contributed by atoms with Gasteiger partial charge >= 0.3 is 0 Å². The van der Waals surface area contributed by atoms with Gasteiger partial charge in [-0.2, -0.15) is 0 Å². The predicted octanol–water partition coefficient (Wildman–Crippen LogP) is 1.67. The molecule has 0 fully saturated rings. The molecule has 0 amide bonds. The molecule has 14 heavy (non-hydrogen) atoms. The smallest absolute Gasteiger partial charge is 0.194 e. The van der Waals surface area contributed by atoms with Crippen LogP contribution in [-0.4, -0.2) is 20.7 Å². The van der Waals surface area contributed by atoms with Crippen molar-refractivity contribution in [2.45, 2.75) is 6.92 Å². The summed E-state index contributed by atoms with van der Waals surface area (Å²) in [4.78, 5) is 22.0. The number of aromatic nitrogens is 3. The van der Waals surface area contributed by atoms with E-state index in [1.165, 1.54) is 6.92 Å². The van der Waals surface area contributed by atoms with Gasteiger partial charge in [-0.05, 0) is 12.1 Å². The summed E-state index contributed by atoms with van der Waals surface area (Å²) < 4.78 is 0. The monoisotopic (exact) mass is 187 g/mol. The lowest BCUT2D eigenvalue weighted by molar-refractivity contribution is 0.100. The quantitative estimate of drug-likeness (QED) is 0.727. The van der Waals surface area contributed by atoms with Crippen molar-refractivity contribution in [1.82, 2.24) is 15.0 Å². The van der Waals surface area contributed by atoms with Gasteiger partial charge in [0.15, 0.2) is 11.6 Å². The Balaban J connectivity index is 2.39. The second-order valence-corrected chi connectivity index (χ2v) is 2.92. The highest BCUT2D eigenvalue weighted by atomic mass is 16.1. The first-order chi connectivity index (χ1) is 6.77. The number of imidazole rings is 1. The molecule has 2 rings (SSSR count). The van der Waals surface area contributed by atoms with Crippen LogP contribution in [0.3, 0.4) is 0 Å². The summed E-state index contributed by atoms with van der Waals surface area (Å²) in [5, 5.41) is 0. The number of ketones is 1. The van der Waals surface area contributed by atoms with Crippen molar-refractivity contribution in [1.29, 1.82) is 0 Å². The molecule has 70 valence electrons. The van der Waals surface area contributed by atoms with Gasteiger partial charge in [0.25, 0.3) is 0 Å².